The number of hydrogen-bond donors (Lipinski definition) is 0. The SMILES string of the molecule is CC1=CC=CC2[CH]([Zr]([C]3=CC=CC3)=[C](Cc3ccccc3)Cc3ccccc3)C3(C)C4(C)C=CC=CC4(C)C4(C)C=CC=CC4(C)C3(C)C12C. The molecule has 9 atom stereocenters. The number of benzene rings is 2. The fraction of sp³-hybridized carbons (Fsp3) is 0.408. The molecular weight excluding hydrogens is 680 g/mol. The van der Waals surface area contributed by atoms with Crippen molar-refractivity contribution in [1.29, 1.82) is 0 Å². The van der Waals surface area contributed by atoms with Gasteiger partial charge in [-0.2, -0.15) is 0 Å². The average Bonchev–Trinajstić information content (AvgIpc) is 3.70. The molecule has 0 aromatic heterocycles. The first-order valence-electron chi connectivity index (χ1n) is 19.1. The predicted molar refractivity (Wildman–Crippen MR) is 211 cm³/mol. The van der Waals surface area contributed by atoms with Gasteiger partial charge in [0.15, 0.2) is 0 Å². The van der Waals surface area contributed by atoms with Crippen LogP contribution in [0.5, 0.6) is 0 Å². The van der Waals surface area contributed by atoms with Gasteiger partial charge in [0.1, 0.15) is 0 Å². The Bertz CT molecular complexity index is 1950. The molecule has 0 spiro atoms. The minimum atomic E-state index is -2.78. The van der Waals surface area contributed by atoms with Crippen LogP contribution in [-0.2, 0) is 34.1 Å². The summed E-state index contributed by atoms with van der Waals surface area (Å²) < 4.78 is 4.22. The Hall–Kier alpha value is -2.89. The molecule has 2 aromatic rings. The van der Waals surface area contributed by atoms with E-state index in [0.717, 1.165) is 19.3 Å². The molecule has 0 amide bonds. The van der Waals surface area contributed by atoms with E-state index in [1.54, 1.807) is 8.85 Å². The first-order valence-corrected chi connectivity index (χ1v) is 23.0. The summed E-state index contributed by atoms with van der Waals surface area (Å²) in [6, 6.07) is 22.9. The van der Waals surface area contributed by atoms with Crippen molar-refractivity contribution in [3.05, 3.63) is 166 Å². The molecule has 6 aliphatic rings. The summed E-state index contributed by atoms with van der Waals surface area (Å²) in [6.45, 7) is 21.4. The summed E-state index contributed by atoms with van der Waals surface area (Å²) >= 11 is -2.78. The Morgan fingerprint density at radius 1 is 0.620 bits per heavy atom. The van der Waals surface area contributed by atoms with Gasteiger partial charge in [-0.1, -0.05) is 0 Å². The molecule has 0 N–H and O–H groups in total. The third-order valence-corrected chi connectivity index (χ3v) is 26.0. The van der Waals surface area contributed by atoms with E-state index in [-0.39, 0.29) is 37.9 Å². The van der Waals surface area contributed by atoms with Crippen LogP contribution in [0.2, 0.25) is 3.63 Å². The van der Waals surface area contributed by atoms with Crippen molar-refractivity contribution >= 4 is 3.21 Å². The Morgan fingerprint density at radius 3 is 1.68 bits per heavy atom. The normalized spacial score (nSPS) is 41.6. The van der Waals surface area contributed by atoms with E-state index in [4.69, 9.17) is 0 Å². The van der Waals surface area contributed by atoms with Gasteiger partial charge in [0.05, 0.1) is 0 Å². The molecule has 6 aliphatic carbocycles. The molecule has 0 radical (unpaired) electrons. The van der Waals surface area contributed by atoms with Crippen molar-refractivity contribution < 1.29 is 21.3 Å². The summed E-state index contributed by atoms with van der Waals surface area (Å²) in [4.78, 5) is 0. The number of hydrogen-bond acceptors (Lipinski definition) is 0. The Kier molecular flexibility index (Phi) is 7.91. The monoisotopic (exact) mass is 734 g/mol. The van der Waals surface area contributed by atoms with Gasteiger partial charge in [-0.15, -0.1) is 0 Å². The van der Waals surface area contributed by atoms with Crippen molar-refractivity contribution in [2.45, 2.75) is 78.3 Å². The van der Waals surface area contributed by atoms with Crippen LogP contribution in [0.1, 0.15) is 72.9 Å². The second-order valence-electron chi connectivity index (χ2n) is 17.7. The van der Waals surface area contributed by atoms with Gasteiger partial charge in [0, 0.05) is 0 Å². The molecule has 1 heteroatoms. The topological polar surface area (TPSA) is 0 Å². The minimum absolute atomic E-state index is 0.0188. The van der Waals surface area contributed by atoms with Crippen LogP contribution >= 0.6 is 0 Å². The third kappa shape index (κ3) is 3.95. The van der Waals surface area contributed by atoms with Crippen LogP contribution in [0.4, 0.5) is 0 Å². The summed E-state index contributed by atoms with van der Waals surface area (Å²) in [5, 5.41) is 0. The van der Waals surface area contributed by atoms with Gasteiger partial charge in [-0.3, -0.25) is 0 Å². The van der Waals surface area contributed by atoms with Gasteiger partial charge in [0.25, 0.3) is 0 Å². The van der Waals surface area contributed by atoms with E-state index in [1.165, 1.54) is 11.1 Å². The molecule has 2 aromatic carbocycles. The van der Waals surface area contributed by atoms with Crippen LogP contribution < -0.4 is 0 Å². The van der Waals surface area contributed by atoms with Crippen LogP contribution in [0.15, 0.2) is 155 Å². The van der Waals surface area contributed by atoms with Crippen molar-refractivity contribution in [2.24, 2.45) is 43.8 Å². The summed E-state index contributed by atoms with van der Waals surface area (Å²) in [5.74, 6) is 0.457. The van der Waals surface area contributed by atoms with E-state index in [2.05, 4.69) is 201 Å². The van der Waals surface area contributed by atoms with Crippen LogP contribution in [-0.4, -0.2) is 3.21 Å². The van der Waals surface area contributed by atoms with Crippen molar-refractivity contribution in [3.63, 3.8) is 0 Å². The zero-order valence-electron chi connectivity index (χ0n) is 31.6. The first-order chi connectivity index (χ1) is 23.8. The van der Waals surface area contributed by atoms with E-state index < -0.39 is 21.3 Å². The Balaban J connectivity index is 1.51. The zero-order valence-corrected chi connectivity index (χ0v) is 34.1. The second-order valence-corrected chi connectivity index (χ2v) is 24.6. The fourth-order valence-electron chi connectivity index (χ4n) is 13.5. The summed E-state index contributed by atoms with van der Waals surface area (Å²) in [7, 11) is 0. The predicted octanol–water partition coefficient (Wildman–Crippen LogP) is 12.4. The molecule has 0 bridgehead atoms. The van der Waals surface area contributed by atoms with E-state index in [0.29, 0.717) is 9.54 Å². The zero-order chi connectivity index (χ0) is 35.2. The van der Waals surface area contributed by atoms with Gasteiger partial charge in [0.2, 0.25) is 0 Å². The van der Waals surface area contributed by atoms with E-state index in [9.17, 15) is 0 Å². The Labute approximate surface area is 310 Å². The van der Waals surface area contributed by atoms with Gasteiger partial charge in [-0.05, 0) is 0 Å². The molecule has 0 heterocycles. The second kappa shape index (κ2) is 11.6. The standard InChI is InChI=1S/C29H37.C15H14.C5H5.Zr/c1-21-14-13-15-22-20-27(6)25(4)18-10-9-16-23(25,2)24(3)17-11-12-19-26(24,5)29(27,8)28(21,22)7;1-3-8-14(9-4-1)12-7-13-15-10-5-2-6-11-15;1-2-4-5-3-1;/h9-20,22H,1-8H3;1-6,8-11H,12-13H2;1-3H,4H2;. The van der Waals surface area contributed by atoms with Crippen LogP contribution in [0, 0.1) is 43.8 Å². The number of fused-ring (bicyclic) bond motifs is 8. The number of allylic oxidation sites excluding steroid dienone is 16. The molecule has 0 saturated heterocycles. The average molecular weight is 736 g/mol. The molecule has 0 nitrogen and oxygen atoms in total. The molecule has 0 aliphatic heterocycles. The Morgan fingerprint density at radius 2 is 1.14 bits per heavy atom. The molecule has 2 saturated carbocycles. The fourth-order valence-corrected chi connectivity index (χ4v) is 24.9. The first kappa shape index (κ1) is 34.2. The molecule has 50 heavy (non-hydrogen) atoms. The molecule has 2 fully saturated rings. The number of rotatable bonds is 6. The third-order valence-electron chi connectivity index (χ3n) is 16.8. The molecule has 8 rings (SSSR count). The summed E-state index contributed by atoms with van der Waals surface area (Å²) in [6.07, 6.45) is 38.5. The van der Waals surface area contributed by atoms with Crippen LogP contribution in [0.25, 0.3) is 0 Å². The van der Waals surface area contributed by atoms with E-state index in [1.807, 2.05) is 3.21 Å². The van der Waals surface area contributed by atoms with Gasteiger partial charge < -0.3 is 0 Å². The van der Waals surface area contributed by atoms with Crippen molar-refractivity contribution in [2.75, 3.05) is 0 Å². The maximum atomic E-state index is 2.83. The van der Waals surface area contributed by atoms with E-state index >= 15 is 0 Å². The van der Waals surface area contributed by atoms with Crippen LogP contribution in [0.3, 0.4) is 0 Å². The summed E-state index contributed by atoms with van der Waals surface area (Å²) in [5.41, 5.74) is 4.05. The van der Waals surface area contributed by atoms with Crippen molar-refractivity contribution in [3.8, 4) is 0 Å². The molecular formula is C49H56Zr. The van der Waals surface area contributed by atoms with Gasteiger partial charge in [-0.25, -0.2) is 0 Å². The maximum absolute atomic E-state index is 2.83. The molecule has 9 unspecified atom stereocenters. The van der Waals surface area contributed by atoms with Crippen molar-refractivity contribution in [1.82, 2.24) is 0 Å². The van der Waals surface area contributed by atoms with Gasteiger partial charge >= 0.3 is 312 Å². The quantitative estimate of drug-likeness (QED) is 0.277. The molecule has 256 valence electrons.